The Labute approximate surface area is 213 Å². The Bertz CT molecular complexity index is 988. The van der Waals surface area contributed by atoms with Gasteiger partial charge in [-0.15, -0.1) is 0 Å². The van der Waals surface area contributed by atoms with Crippen molar-refractivity contribution in [1.29, 1.82) is 0 Å². The van der Waals surface area contributed by atoms with Gasteiger partial charge in [0.05, 0.1) is 32.3 Å². The summed E-state index contributed by atoms with van der Waals surface area (Å²) < 4.78 is 10.3. The van der Waals surface area contributed by atoms with E-state index in [-0.39, 0.29) is 18.2 Å². The Kier molecular flexibility index (Phi) is 11.1. The summed E-state index contributed by atoms with van der Waals surface area (Å²) in [6.07, 6.45) is 0.843. The zero-order valence-corrected chi connectivity index (χ0v) is 21.9. The lowest BCUT2D eigenvalue weighted by Crippen LogP contribution is -2.51. The van der Waals surface area contributed by atoms with Crippen molar-refractivity contribution in [3.05, 3.63) is 65.7 Å². The van der Waals surface area contributed by atoms with Crippen molar-refractivity contribution in [3.8, 4) is 5.75 Å². The van der Waals surface area contributed by atoms with Crippen molar-refractivity contribution in [1.82, 2.24) is 10.6 Å². The maximum absolute atomic E-state index is 12.5. The standard InChI is InChI=1S/C21H31N3O5.C7H8/c1-13(2)9-17(19(26)21(3)12-29-21)24-18(25)11-23-20(27)16(22)10-14-5-7-15(28-4)8-6-14;1-7-5-3-2-4-6-7/h5-8,13,16-17H,9-12,22H2,1-4H3,(H,23,27)(H,24,25);2-6H,1H3. The number of Topliss-reactive ketones (excluding diaryl/α,β-unsaturated/α-hetero) is 1. The Hall–Kier alpha value is -3.23. The van der Waals surface area contributed by atoms with Crippen LogP contribution >= 0.6 is 0 Å². The van der Waals surface area contributed by atoms with Gasteiger partial charge in [0.1, 0.15) is 11.4 Å². The number of carbonyl (C=O) groups is 3. The number of nitrogens with one attached hydrogen (secondary N) is 2. The minimum absolute atomic E-state index is 0.137. The molecule has 8 nitrogen and oxygen atoms in total. The molecular weight excluding hydrogens is 458 g/mol. The van der Waals surface area contributed by atoms with Crippen molar-refractivity contribution >= 4 is 17.6 Å². The van der Waals surface area contributed by atoms with E-state index in [1.54, 1.807) is 26.2 Å². The van der Waals surface area contributed by atoms with Crippen LogP contribution in [0.5, 0.6) is 5.75 Å². The number of carbonyl (C=O) groups excluding carboxylic acids is 3. The fraction of sp³-hybridized carbons (Fsp3) is 0.464. The first kappa shape index (κ1) is 29.0. The highest BCUT2D eigenvalue weighted by molar-refractivity contribution is 5.97. The molecule has 36 heavy (non-hydrogen) atoms. The Morgan fingerprint density at radius 1 is 1.08 bits per heavy atom. The molecule has 196 valence electrons. The first-order valence-electron chi connectivity index (χ1n) is 12.2. The lowest BCUT2D eigenvalue weighted by atomic mass is 9.93. The third kappa shape index (κ3) is 9.79. The van der Waals surface area contributed by atoms with E-state index >= 15 is 0 Å². The van der Waals surface area contributed by atoms with Crippen LogP contribution in [0.4, 0.5) is 0 Å². The second-order valence-electron chi connectivity index (χ2n) is 9.66. The number of rotatable bonds is 11. The lowest BCUT2D eigenvalue weighted by Gasteiger charge is -2.21. The number of ether oxygens (including phenoxy) is 2. The number of ketones is 1. The third-order valence-electron chi connectivity index (χ3n) is 5.77. The Morgan fingerprint density at radius 2 is 1.69 bits per heavy atom. The molecule has 3 rings (SSSR count). The molecular formula is C28H39N3O5. The van der Waals surface area contributed by atoms with Gasteiger partial charge in [-0.1, -0.05) is 61.9 Å². The molecule has 3 atom stereocenters. The zero-order valence-electron chi connectivity index (χ0n) is 21.9. The molecule has 2 aromatic carbocycles. The van der Waals surface area contributed by atoms with Crippen LogP contribution < -0.4 is 21.1 Å². The van der Waals surface area contributed by atoms with Crippen LogP contribution in [0.3, 0.4) is 0 Å². The number of aryl methyl sites for hydroxylation is 1. The highest BCUT2D eigenvalue weighted by Gasteiger charge is 2.50. The lowest BCUT2D eigenvalue weighted by molar-refractivity contribution is -0.131. The second kappa shape index (κ2) is 13.8. The maximum atomic E-state index is 12.5. The quantitative estimate of drug-likeness (QED) is 0.410. The highest BCUT2D eigenvalue weighted by atomic mass is 16.6. The van der Waals surface area contributed by atoms with Gasteiger partial charge in [0, 0.05) is 0 Å². The number of epoxide rings is 1. The highest BCUT2D eigenvalue weighted by Crippen LogP contribution is 2.29. The van der Waals surface area contributed by atoms with Crippen LogP contribution in [-0.4, -0.2) is 55.5 Å². The maximum Gasteiger partial charge on any atom is 0.239 e. The van der Waals surface area contributed by atoms with Gasteiger partial charge >= 0.3 is 0 Å². The van der Waals surface area contributed by atoms with Crippen LogP contribution in [0.15, 0.2) is 54.6 Å². The van der Waals surface area contributed by atoms with Crippen molar-refractivity contribution in [3.63, 3.8) is 0 Å². The number of benzene rings is 2. The average molecular weight is 498 g/mol. The van der Waals surface area contributed by atoms with Gasteiger partial charge in [0.2, 0.25) is 11.8 Å². The topological polar surface area (TPSA) is 123 Å². The van der Waals surface area contributed by atoms with Crippen molar-refractivity contribution in [2.45, 2.75) is 58.2 Å². The van der Waals surface area contributed by atoms with Gasteiger partial charge in [-0.25, -0.2) is 0 Å². The summed E-state index contributed by atoms with van der Waals surface area (Å²) in [6.45, 7) is 7.88. The molecule has 0 aromatic heterocycles. The number of amides is 2. The molecule has 1 heterocycles. The Morgan fingerprint density at radius 3 is 2.17 bits per heavy atom. The molecule has 2 aromatic rings. The molecule has 4 N–H and O–H groups in total. The smallest absolute Gasteiger partial charge is 0.239 e. The van der Waals surface area contributed by atoms with E-state index in [0.29, 0.717) is 19.4 Å². The minimum atomic E-state index is -0.809. The number of hydrogen-bond acceptors (Lipinski definition) is 6. The van der Waals surface area contributed by atoms with Crippen LogP contribution in [0, 0.1) is 12.8 Å². The summed E-state index contributed by atoms with van der Waals surface area (Å²) in [7, 11) is 1.58. The average Bonchev–Trinajstić information content (AvgIpc) is 3.61. The van der Waals surface area contributed by atoms with E-state index in [9.17, 15) is 14.4 Å². The predicted molar refractivity (Wildman–Crippen MR) is 140 cm³/mol. The molecule has 8 heteroatoms. The Balaban J connectivity index is 0.000000558. The van der Waals surface area contributed by atoms with Gasteiger partial charge in [-0.05, 0) is 50.3 Å². The SMILES string of the molecule is COc1ccc(CC(N)C(=O)NCC(=O)NC(CC(C)C)C(=O)C2(C)CO2)cc1.Cc1ccccc1. The first-order valence-corrected chi connectivity index (χ1v) is 12.2. The molecule has 1 aliphatic rings. The number of nitrogens with two attached hydrogens (primary N) is 1. The summed E-state index contributed by atoms with van der Waals surface area (Å²) in [5.41, 5.74) is 7.34. The molecule has 1 saturated heterocycles. The molecule has 0 bridgehead atoms. The zero-order chi connectivity index (χ0) is 26.7. The second-order valence-corrected chi connectivity index (χ2v) is 9.66. The summed E-state index contributed by atoms with van der Waals surface area (Å²) >= 11 is 0. The fourth-order valence-corrected chi connectivity index (χ4v) is 3.51. The molecule has 1 aliphatic heterocycles. The van der Waals surface area contributed by atoms with Gasteiger partial charge in [-0.2, -0.15) is 0 Å². The van der Waals surface area contributed by atoms with Crippen molar-refractivity contribution in [2.75, 3.05) is 20.3 Å². The molecule has 3 unspecified atom stereocenters. The molecule has 0 radical (unpaired) electrons. The molecule has 2 amide bonds. The molecule has 0 saturated carbocycles. The summed E-state index contributed by atoms with van der Waals surface area (Å²) in [5.74, 6) is -0.0565. The van der Waals surface area contributed by atoms with E-state index < -0.39 is 29.5 Å². The molecule has 0 aliphatic carbocycles. The van der Waals surface area contributed by atoms with Crippen molar-refractivity contribution < 1.29 is 23.9 Å². The number of hydrogen-bond donors (Lipinski definition) is 3. The molecule has 0 spiro atoms. The summed E-state index contributed by atoms with van der Waals surface area (Å²) in [6, 6.07) is 16.1. The van der Waals surface area contributed by atoms with Crippen LogP contribution in [0.1, 0.15) is 38.3 Å². The normalized spacial score (nSPS) is 17.8. The fourth-order valence-electron chi connectivity index (χ4n) is 3.51. The molecule has 1 fully saturated rings. The monoisotopic (exact) mass is 497 g/mol. The van der Waals surface area contributed by atoms with Gasteiger partial charge in [-0.3, -0.25) is 14.4 Å². The summed E-state index contributed by atoms with van der Waals surface area (Å²) in [5, 5.41) is 5.25. The third-order valence-corrected chi connectivity index (χ3v) is 5.77. The van der Waals surface area contributed by atoms with Gasteiger partial charge in [0.15, 0.2) is 5.78 Å². The van der Waals surface area contributed by atoms with E-state index in [0.717, 1.165) is 11.3 Å². The van der Waals surface area contributed by atoms with E-state index in [1.807, 2.05) is 44.2 Å². The van der Waals surface area contributed by atoms with Crippen molar-refractivity contribution in [2.24, 2.45) is 11.7 Å². The first-order chi connectivity index (χ1) is 17.0. The number of methoxy groups -OCH3 is 1. The van der Waals surface area contributed by atoms with Crippen LogP contribution in [0.2, 0.25) is 0 Å². The van der Waals surface area contributed by atoms with E-state index in [2.05, 4.69) is 29.7 Å². The van der Waals surface area contributed by atoms with E-state index in [4.69, 9.17) is 15.2 Å². The largest absolute Gasteiger partial charge is 0.497 e. The van der Waals surface area contributed by atoms with E-state index in [1.165, 1.54) is 5.56 Å². The van der Waals surface area contributed by atoms with Crippen LogP contribution in [0.25, 0.3) is 0 Å². The summed E-state index contributed by atoms with van der Waals surface area (Å²) in [4.78, 5) is 37.0. The van der Waals surface area contributed by atoms with Crippen LogP contribution in [-0.2, 0) is 25.5 Å². The van der Waals surface area contributed by atoms with Gasteiger partial charge in [0.25, 0.3) is 0 Å². The minimum Gasteiger partial charge on any atom is -0.497 e. The van der Waals surface area contributed by atoms with Gasteiger partial charge < -0.3 is 25.8 Å². The predicted octanol–water partition coefficient (Wildman–Crippen LogP) is 2.57.